The molecule has 0 radical (unpaired) electrons. The zero-order valence-electron chi connectivity index (χ0n) is 16.9. The lowest BCUT2D eigenvalue weighted by Crippen LogP contribution is -2.36. The maximum absolute atomic E-state index is 13.0. The molecule has 1 aromatic heterocycles. The first-order valence-corrected chi connectivity index (χ1v) is 10.0. The second kappa shape index (κ2) is 8.69. The highest BCUT2D eigenvalue weighted by Gasteiger charge is 2.24. The molecule has 0 spiro atoms. The molecule has 1 N–H and O–H groups in total. The highest BCUT2D eigenvalue weighted by molar-refractivity contribution is 5.94. The lowest BCUT2D eigenvalue weighted by atomic mass is 9.98. The minimum absolute atomic E-state index is 0.0105. The molecule has 1 aromatic carbocycles. The maximum atomic E-state index is 13.0. The monoisotopic (exact) mass is 397 g/mol. The summed E-state index contributed by atoms with van der Waals surface area (Å²) in [6.45, 7) is 2.80. The van der Waals surface area contributed by atoms with Crippen LogP contribution >= 0.6 is 0 Å². The number of methoxy groups -OCH3 is 2. The second-order valence-corrected chi connectivity index (χ2v) is 7.40. The van der Waals surface area contributed by atoms with Crippen LogP contribution in [-0.4, -0.2) is 55.8 Å². The van der Waals surface area contributed by atoms with Crippen molar-refractivity contribution in [2.45, 2.75) is 31.9 Å². The predicted octanol–water partition coefficient (Wildman–Crippen LogP) is 2.89. The van der Waals surface area contributed by atoms with Gasteiger partial charge in [0.15, 0.2) is 11.5 Å². The van der Waals surface area contributed by atoms with E-state index in [9.17, 15) is 4.79 Å². The fraction of sp³-hybridized carbons (Fsp3) is 0.455. The number of rotatable bonds is 6. The third-order valence-electron chi connectivity index (χ3n) is 5.55. The molecule has 0 aliphatic carbocycles. The van der Waals surface area contributed by atoms with Crippen molar-refractivity contribution in [3.63, 3.8) is 0 Å². The Labute approximate surface area is 171 Å². The molecular weight excluding hydrogens is 370 g/mol. The number of hydrogen-bond donors (Lipinski definition) is 1. The molecule has 4 rings (SSSR count). The number of nitrogens with one attached hydrogen (secondary N) is 1. The normalized spacial score (nSPS) is 18.3. The van der Waals surface area contributed by atoms with Crippen molar-refractivity contribution >= 4 is 11.7 Å². The predicted molar refractivity (Wildman–Crippen MR) is 110 cm³/mol. The summed E-state index contributed by atoms with van der Waals surface area (Å²) in [6.07, 6.45) is 4.88. The van der Waals surface area contributed by atoms with E-state index in [4.69, 9.17) is 14.2 Å². The van der Waals surface area contributed by atoms with Gasteiger partial charge in [-0.1, -0.05) is 0 Å². The van der Waals surface area contributed by atoms with Crippen molar-refractivity contribution in [3.8, 4) is 11.5 Å². The van der Waals surface area contributed by atoms with Crippen LogP contribution in [0.1, 0.15) is 34.3 Å². The summed E-state index contributed by atoms with van der Waals surface area (Å²) in [6, 6.07) is 7.65. The Kier molecular flexibility index (Phi) is 5.85. The van der Waals surface area contributed by atoms with Gasteiger partial charge >= 0.3 is 0 Å². The van der Waals surface area contributed by atoms with E-state index < -0.39 is 0 Å². The lowest BCUT2D eigenvalue weighted by molar-refractivity contribution is 0.0734. The molecule has 7 nitrogen and oxygen atoms in total. The van der Waals surface area contributed by atoms with Gasteiger partial charge in [-0.05, 0) is 54.7 Å². The Morgan fingerprint density at radius 1 is 1.24 bits per heavy atom. The van der Waals surface area contributed by atoms with Crippen LogP contribution < -0.4 is 14.8 Å². The summed E-state index contributed by atoms with van der Waals surface area (Å²) in [5, 5.41) is 3.28. The molecule has 1 unspecified atom stereocenters. The van der Waals surface area contributed by atoms with E-state index in [1.807, 2.05) is 29.2 Å². The van der Waals surface area contributed by atoms with E-state index in [1.54, 1.807) is 20.4 Å². The van der Waals surface area contributed by atoms with Crippen LogP contribution in [0.25, 0.3) is 0 Å². The third kappa shape index (κ3) is 4.29. The number of carbonyl (C=O) groups is 1. The molecule has 1 amide bonds. The standard InChI is InChI=1S/C22H27N3O4/c1-27-19-10-15-7-8-25(14-17(15)11-20(19)28-2)22(26)16-5-6-21(23-12-16)24-13-18-4-3-9-29-18/h5-6,10-12,18H,3-4,7-9,13-14H2,1-2H3,(H,23,24). The summed E-state index contributed by atoms with van der Waals surface area (Å²) in [7, 11) is 3.26. The van der Waals surface area contributed by atoms with Gasteiger partial charge in [-0.25, -0.2) is 4.98 Å². The number of fused-ring (bicyclic) bond motifs is 1. The summed E-state index contributed by atoms with van der Waals surface area (Å²) in [5.74, 6) is 2.16. The Morgan fingerprint density at radius 2 is 2.03 bits per heavy atom. The van der Waals surface area contributed by atoms with Crippen LogP contribution in [-0.2, 0) is 17.7 Å². The van der Waals surface area contributed by atoms with Crippen molar-refractivity contribution in [2.24, 2.45) is 0 Å². The van der Waals surface area contributed by atoms with Crippen molar-refractivity contribution in [3.05, 3.63) is 47.2 Å². The van der Waals surface area contributed by atoms with Gasteiger partial charge in [-0.3, -0.25) is 4.79 Å². The molecular formula is C22H27N3O4. The SMILES string of the molecule is COc1cc2c(cc1OC)CN(C(=O)c1ccc(NCC3CCCO3)nc1)CC2. The zero-order chi connectivity index (χ0) is 20.2. The van der Waals surface area contributed by atoms with E-state index in [0.29, 0.717) is 24.4 Å². The van der Waals surface area contributed by atoms with Gasteiger partial charge in [-0.2, -0.15) is 0 Å². The lowest BCUT2D eigenvalue weighted by Gasteiger charge is -2.29. The molecule has 1 fully saturated rings. The molecule has 154 valence electrons. The number of pyridine rings is 1. The summed E-state index contributed by atoms with van der Waals surface area (Å²) in [4.78, 5) is 19.2. The number of ether oxygens (including phenoxy) is 3. The molecule has 2 aliphatic heterocycles. The van der Waals surface area contributed by atoms with Crippen molar-refractivity contribution in [1.82, 2.24) is 9.88 Å². The Bertz CT molecular complexity index is 863. The molecule has 3 heterocycles. The average molecular weight is 397 g/mol. The molecule has 2 aromatic rings. The minimum atomic E-state index is -0.0105. The fourth-order valence-corrected chi connectivity index (χ4v) is 3.89. The van der Waals surface area contributed by atoms with E-state index in [2.05, 4.69) is 10.3 Å². The average Bonchev–Trinajstić information content (AvgIpc) is 3.30. The zero-order valence-corrected chi connectivity index (χ0v) is 16.9. The number of benzene rings is 1. The van der Waals surface area contributed by atoms with Gasteiger partial charge < -0.3 is 24.4 Å². The molecule has 0 bridgehead atoms. The summed E-state index contributed by atoms with van der Waals surface area (Å²) < 4.78 is 16.4. The Morgan fingerprint density at radius 3 is 2.69 bits per heavy atom. The molecule has 0 saturated carbocycles. The number of anilines is 1. The van der Waals surface area contributed by atoms with Gasteiger partial charge in [0.1, 0.15) is 5.82 Å². The number of aromatic nitrogens is 1. The van der Waals surface area contributed by atoms with E-state index >= 15 is 0 Å². The first-order chi connectivity index (χ1) is 14.2. The first kappa shape index (κ1) is 19.5. The fourth-order valence-electron chi connectivity index (χ4n) is 3.89. The summed E-state index contributed by atoms with van der Waals surface area (Å²) in [5.41, 5.74) is 2.88. The Balaban J connectivity index is 1.41. The smallest absolute Gasteiger partial charge is 0.255 e. The molecule has 7 heteroatoms. The molecule has 29 heavy (non-hydrogen) atoms. The molecule has 1 saturated heterocycles. The van der Waals surface area contributed by atoms with Crippen LogP contribution in [0.2, 0.25) is 0 Å². The number of nitrogens with zero attached hydrogens (tertiary/aromatic N) is 2. The van der Waals surface area contributed by atoms with E-state index in [0.717, 1.165) is 49.5 Å². The highest BCUT2D eigenvalue weighted by atomic mass is 16.5. The van der Waals surface area contributed by atoms with Gasteiger partial charge in [0, 0.05) is 32.4 Å². The van der Waals surface area contributed by atoms with Crippen LogP contribution in [0, 0.1) is 0 Å². The first-order valence-electron chi connectivity index (χ1n) is 10.0. The molecule has 1 atom stereocenters. The van der Waals surface area contributed by atoms with Gasteiger partial charge in [0.2, 0.25) is 0 Å². The van der Waals surface area contributed by atoms with Gasteiger partial charge in [0.05, 0.1) is 25.9 Å². The number of carbonyl (C=O) groups excluding carboxylic acids is 1. The summed E-state index contributed by atoms with van der Waals surface area (Å²) >= 11 is 0. The van der Waals surface area contributed by atoms with Crippen molar-refractivity contribution in [2.75, 3.05) is 39.2 Å². The maximum Gasteiger partial charge on any atom is 0.255 e. The number of hydrogen-bond acceptors (Lipinski definition) is 6. The number of amides is 1. The minimum Gasteiger partial charge on any atom is -0.493 e. The van der Waals surface area contributed by atoms with E-state index in [-0.39, 0.29) is 12.0 Å². The molecule has 2 aliphatic rings. The Hall–Kier alpha value is -2.80. The van der Waals surface area contributed by atoms with Crippen molar-refractivity contribution < 1.29 is 19.0 Å². The van der Waals surface area contributed by atoms with Crippen LogP contribution in [0.4, 0.5) is 5.82 Å². The van der Waals surface area contributed by atoms with Gasteiger partial charge in [-0.15, -0.1) is 0 Å². The van der Waals surface area contributed by atoms with E-state index in [1.165, 1.54) is 5.56 Å². The van der Waals surface area contributed by atoms with Gasteiger partial charge in [0.25, 0.3) is 5.91 Å². The highest BCUT2D eigenvalue weighted by Crippen LogP contribution is 2.33. The van der Waals surface area contributed by atoms with Crippen molar-refractivity contribution in [1.29, 1.82) is 0 Å². The third-order valence-corrected chi connectivity index (χ3v) is 5.55. The van der Waals surface area contributed by atoms with Crippen LogP contribution in [0.3, 0.4) is 0 Å². The topological polar surface area (TPSA) is 72.9 Å². The second-order valence-electron chi connectivity index (χ2n) is 7.40. The van der Waals surface area contributed by atoms with Crippen LogP contribution in [0.5, 0.6) is 11.5 Å². The van der Waals surface area contributed by atoms with Crippen LogP contribution in [0.15, 0.2) is 30.5 Å². The quantitative estimate of drug-likeness (QED) is 0.808. The largest absolute Gasteiger partial charge is 0.493 e.